The van der Waals surface area contributed by atoms with Gasteiger partial charge in [-0.2, -0.15) is 0 Å². The molecular weight excluding hydrogens is 174 g/mol. The summed E-state index contributed by atoms with van der Waals surface area (Å²) in [7, 11) is 0. The van der Waals surface area contributed by atoms with Crippen LogP contribution < -0.4 is 4.87 Å². The minimum absolute atomic E-state index is 0.00403. The quantitative estimate of drug-likeness (QED) is 0.685. The van der Waals surface area contributed by atoms with E-state index in [0.29, 0.717) is 12.4 Å². The van der Waals surface area contributed by atoms with E-state index in [0.717, 1.165) is 11.3 Å². The lowest BCUT2D eigenvalue weighted by atomic mass is 10.7. The van der Waals surface area contributed by atoms with E-state index in [2.05, 4.69) is 0 Å². The Morgan fingerprint density at radius 2 is 2.50 bits per heavy atom. The molecule has 0 saturated carbocycles. The van der Waals surface area contributed by atoms with Crippen molar-refractivity contribution in [3.63, 3.8) is 0 Å². The van der Waals surface area contributed by atoms with E-state index in [9.17, 15) is 4.79 Å². The summed E-state index contributed by atoms with van der Waals surface area (Å²) < 4.78 is 1.23. The van der Waals surface area contributed by atoms with Gasteiger partial charge in [-0.25, -0.2) is 0 Å². The molecule has 1 aromatic rings. The van der Waals surface area contributed by atoms with E-state index in [1.165, 1.54) is 9.95 Å². The van der Waals surface area contributed by atoms with Gasteiger partial charge in [0, 0.05) is 12.4 Å². The summed E-state index contributed by atoms with van der Waals surface area (Å²) in [6, 6.07) is 0. The number of alkyl halides is 1. The summed E-state index contributed by atoms with van der Waals surface area (Å²) in [6.07, 6.45) is 0. The van der Waals surface area contributed by atoms with E-state index in [4.69, 9.17) is 16.7 Å². The maximum Gasteiger partial charge on any atom is 0.310 e. The van der Waals surface area contributed by atoms with E-state index in [1.54, 1.807) is 0 Å². The van der Waals surface area contributed by atoms with Crippen LogP contribution >= 0.6 is 22.9 Å². The van der Waals surface area contributed by atoms with Crippen molar-refractivity contribution in [2.24, 2.45) is 0 Å². The van der Waals surface area contributed by atoms with Crippen LogP contribution in [0.5, 0.6) is 5.88 Å². The molecule has 1 N–H and O–H groups in total. The van der Waals surface area contributed by atoms with Crippen LogP contribution in [0.15, 0.2) is 10.2 Å². The van der Waals surface area contributed by atoms with Gasteiger partial charge < -0.3 is 5.11 Å². The molecule has 0 aliphatic rings. The van der Waals surface area contributed by atoms with Crippen LogP contribution in [0.1, 0.15) is 0 Å². The zero-order chi connectivity index (χ0) is 7.56. The van der Waals surface area contributed by atoms with Gasteiger partial charge in [0.25, 0.3) is 0 Å². The third-order valence-corrected chi connectivity index (χ3v) is 1.99. The van der Waals surface area contributed by atoms with Crippen molar-refractivity contribution in [3.8, 4) is 5.88 Å². The van der Waals surface area contributed by atoms with Gasteiger partial charge in [0.05, 0.1) is 5.38 Å². The molecule has 5 heteroatoms. The first-order valence-electron chi connectivity index (χ1n) is 2.69. The van der Waals surface area contributed by atoms with E-state index < -0.39 is 0 Å². The van der Waals surface area contributed by atoms with Gasteiger partial charge in [-0.1, -0.05) is 11.3 Å². The van der Waals surface area contributed by atoms with E-state index in [1.807, 2.05) is 0 Å². The largest absolute Gasteiger partial charge is 0.494 e. The summed E-state index contributed by atoms with van der Waals surface area (Å²) >= 11 is 6.34. The Bertz CT molecular complexity index is 267. The van der Waals surface area contributed by atoms with Crippen molar-refractivity contribution in [1.82, 2.24) is 4.57 Å². The van der Waals surface area contributed by atoms with Crippen LogP contribution in [0.3, 0.4) is 0 Å². The van der Waals surface area contributed by atoms with Crippen molar-refractivity contribution in [3.05, 3.63) is 15.0 Å². The first kappa shape index (κ1) is 7.63. The molecule has 1 rings (SSSR count). The molecule has 0 radical (unpaired) electrons. The van der Waals surface area contributed by atoms with Crippen LogP contribution in [-0.2, 0) is 6.54 Å². The molecule has 1 heterocycles. The summed E-state index contributed by atoms with van der Waals surface area (Å²) in [4.78, 5) is 10.6. The molecule has 0 aromatic carbocycles. The molecule has 0 fully saturated rings. The van der Waals surface area contributed by atoms with E-state index >= 15 is 0 Å². The molecule has 56 valence electrons. The summed E-state index contributed by atoms with van der Waals surface area (Å²) in [5, 5.41) is 10.4. The molecule has 0 aliphatic heterocycles. The van der Waals surface area contributed by atoms with Gasteiger partial charge in [0.15, 0.2) is 0 Å². The van der Waals surface area contributed by atoms with Crippen molar-refractivity contribution < 1.29 is 5.11 Å². The maximum atomic E-state index is 10.8. The van der Waals surface area contributed by atoms with Gasteiger partial charge in [-0.05, 0) is 0 Å². The van der Waals surface area contributed by atoms with Crippen molar-refractivity contribution >= 4 is 22.9 Å². The van der Waals surface area contributed by atoms with Gasteiger partial charge in [0.1, 0.15) is 0 Å². The molecule has 0 atom stereocenters. The highest BCUT2D eigenvalue weighted by Crippen LogP contribution is 2.08. The monoisotopic (exact) mass is 179 g/mol. The van der Waals surface area contributed by atoms with Gasteiger partial charge in [-0.15, -0.1) is 11.6 Å². The maximum absolute atomic E-state index is 10.8. The Labute approximate surface area is 66.5 Å². The van der Waals surface area contributed by atoms with Gasteiger partial charge in [-0.3, -0.25) is 9.36 Å². The zero-order valence-corrected chi connectivity index (χ0v) is 6.65. The second kappa shape index (κ2) is 3.07. The minimum Gasteiger partial charge on any atom is -0.494 e. The molecule has 0 spiro atoms. The predicted molar refractivity (Wildman–Crippen MR) is 41.0 cm³/mol. The molecular formula is C5H6ClNO2S. The predicted octanol–water partition coefficient (Wildman–Crippen LogP) is 0.854. The minimum atomic E-state index is -0.168. The highest BCUT2D eigenvalue weighted by Gasteiger charge is 2.01. The summed E-state index contributed by atoms with van der Waals surface area (Å²) in [5.41, 5.74) is 0. The van der Waals surface area contributed by atoms with Gasteiger partial charge >= 0.3 is 4.87 Å². The normalized spacial score (nSPS) is 10.1. The Morgan fingerprint density at radius 1 is 1.80 bits per heavy atom. The number of rotatable bonds is 2. The average Bonchev–Trinajstić information content (AvgIpc) is 2.20. The van der Waals surface area contributed by atoms with Crippen LogP contribution in [0.25, 0.3) is 0 Å². The molecule has 0 aliphatic carbocycles. The third-order valence-electron chi connectivity index (χ3n) is 1.07. The zero-order valence-electron chi connectivity index (χ0n) is 5.08. The lowest BCUT2D eigenvalue weighted by molar-refractivity contribution is 0.419. The second-order valence-electron chi connectivity index (χ2n) is 1.70. The highest BCUT2D eigenvalue weighted by atomic mass is 35.5. The van der Waals surface area contributed by atoms with E-state index in [-0.39, 0.29) is 10.8 Å². The summed E-state index contributed by atoms with van der Waals surface area (Å²) in [5.74, 6) is 0.333. The first-order chi connectivity index (χ1) is 4.75. The van der Waals surface area contributed by atoms with Gasteiger partial charge in [0.2, 0.25) is 5.88 Å². The Balaban J connectivity index is 2.99. The molecule has 0 saturated heterocycles. The number of thiazole rings is 1. The molecule has 10 heavy (non-hydrogen) atoms. The number of aromatic hydroxyl groups is 1. The Kier molecular flexibility index (Phi) is 2.34. The second-order valence-corrected chi connectivity index (χ2v) is 2.90. The van der Waals surface area contributed by atoms with Crippen molar-refractivity contribution in [2.75, 3.05) is 5.88 Å². The van der Waals surface area contributed by atoms with Crippen molar-refractivity contribution in [2.45, 2.75) is 6.54 Å². The smallest absolute Gasteiger partial charge is 0.310 e. The number of halogens is 1. The first-order valence-corrected chi connectivity index (χ1v) is 4.10. The SMILES string of the molecule is O=c1scc(O)n1CCCl. The topological polar surface area (TPSA) is 42.2 Å². The average molecular weight is 180 g/mol. The molecule has 0 bridgehead atoms. The van der Waals surface area contributed by atoms with Crippen LogP contribution in [0, 0.1) is 0 Å². The molecule has 0 unspecified atom stereocenters. The van der Waals surface area contributed by atoms with Crippen LogP contribution in [-0.4, -0.2) is 15.6 Å². The van der Waals surface area contributed by atoms with Crippen molar-refractivity contribution in [1.29, 1.82) is 0 Å². The number of nitrogens with zero attached hydrogens (tertiary/aromatic N) is 1. The fourth-order valence-electron chi connectivity index (χ4n) is 0.614. The van der Waals surface area contributed by atoms with Crippen LogP contribution in [0.2, 0.25) is 0 Å². The number of hydrogen-bond acceptors (Lipinski definition) is 3. The standard InChI is InChI=1S/C5H6ClNO2S/c6-1-2-7-4(8)3-10-5(7)9/h3,8H,1-2H2. The number of hydrogen-bond donors (Lipinski definition) is 1. The Morgan fingerprint density at radius 3 is 2.90 bits per heavy atom. The summed E-state index contributed by atoms with van der Waals surface area (Å²) in [6.45, 7) is 0.371. The molecule has 1 aromatic heterocycles. The fraction of sp³-hybridized carbons (Fsp3) is 0.400. The number of aromatic nitrogens is 1. The fourth-order valence-corrected chi connectivity index (χ4v) is 1.43. The molecule has 3 nitrogen and oxygen atoms in total. The highest BCUT2D eigenvalue weighted by molar-refractivity contribution is 7.07. The lowest BCUT2D eigenvalue weighted by Gasteiger charge is -1.96. The third kappa shape index (κ3) is 1.33. The Hall–Kier alpha value is -0.480. The molecule has 0 amide bonds. The van der Waals surface area contributed by atoms with Crippen LogP contribution in [0.4, 0.5) is 0 Å². The lowest BCUT2D eigenvalue weighted by Crippen LogP contribution is -2.12.